The largest absolute Gasteiger partial charge is 0.496 e. The van der Waals surface area contributed by atoms with Crippen LogP contribution in [0.5, 0.6) is 5.75 Å². The molecule has 114 valence electrons. The van der Waals surface area contributed by atoms with Gasteiger partial charge in [-0.2, -0.15) is 13.2 Å². The molecule has 0 spiro atoms. The lowest BCUT2D eigenvalue weighted by Gasteiger charge is -2.11. The predicted octanol–water partition coefficient (Wildman–Crippen LogP) is 3.99. The van der Waals surface area contributed by atoms with Gasteiger partial charge in [0.1, 0.15) is 17.4 Å². The van der Waals surface area contributed by atoms with Gasteiger partial charge in [-0.05, 0) is 17.7 Å². The number of aryl methyl sites for hydroxylation is 1. The van der Waals surface area contributed by atoms with Crippen LogP contribution in [0.3, 0.4) is 0 Å². The van der Waals surface area contributed by atoms with E-state index in [4.69, 9.17) is 16.3 Å². The van der Waals surface area contributed by atoms with Crippen molar-refractivity contribution in [3.8, 4) is 17.1 Å². The average molecular weight is 323 g/mol. The summed E-state index contributed by atoms with van der Waals surface area (Å²) in [5, 5.41) is 0. The zero-order chi connectivity index (χ0) is 15.8. The van der Waals surface area contributed by atoms with E-state index in [9.17, 15) is 17.6 Å². The van der Waals surface area contributed by atoms with Crippen LogP contribution in [0.25, 0.3) is 11.4 Å². The van der Waals surface area contributed by atoms with Gasteiger partial charge in [0.15, 0.2) is 5.69 Å². The molecule has 0 fully saturated rings. The highest BCUT2D eigenvalue weighted by Gasteiger charge is 2.35. The molecule has 1 aromatic carbocycles. The maximum atomic E-state index is 14.2. The number of benzene rings is 1. The molecule has 0 radical (unpaired) electrons. The van der Waals surface area contributed by atoms with Crippen molar-refractivity contribution in [2.75, 3.05) is 7.11 Å². The molecule has 2 rings (SSSR count). The second-order valence-electron chi connectivity index (χ2n) is 4.35. The Kier molecular flexibility index (Phi) is 4.13. The summed E-state index contributed by atoms with van der Waals surface area (Å²) in [6.45, 7) is 0. The second-order valence-corrected chi connectivity index (χ2v) is 4.61. The van der Waals surface area contributed by atoms with Crippen LogP contribution in [0.2, 0.25) is 0 Å². The zero-order valence-corrected chi connectivity index (χ0v) is 11.9. The minimum atomic E-state index is -4.60. The summed E-state index contributed by atoms with van der Waals surface area (Å²) in [5.74, 6) is -0.777. The number of methoxy groups -OCH3 is 1. The van der Waals surface area contributed by atoms with E-state index in [2.05, 4.69) is 4.98 Å². The average Bonchev–Trinajstić information content (AvgIpc) is 2.79. The summed E-state index contributed by atoms with van der Waals surface area (Å²) in [4.78, 5) is 3.46. The first-order valence-electron chi connectivity index (χ1n) is 5.81. The normalized spacial score (nSPS) is 11.8. The molecular formula is C13H11ClF4N2O. The van der Waals surface area contributed by atoms with E-state index in [1.165, 1.54) is 20.2 Å². The van der Waals surface area contributed by atoms with Gasteiger partial charge in [-0.25, -0.2) is 9.37 Å². The molecule has 3 nitrogen and oxygen atoms in total. The second kappa shape index (κ2) is 5.55. The number of hydrogen-bond acceptors (Lipinski definition) is 2. The van der Waals surface area contributed by atoms with Crippen molar-refractivity contribution >= 4 is 11.6 Å². The van der Waals surface area contributed by atoms with Gasteiger partial charge in [-0.15, -0.1) is 11.6 Å². The molecular weight excluding hydrogens is 312 g/mol. The number of nitrogens with zero attached hydrogens (tertiary/aromatic N) is 2. The predicted molar refractivity (Wildman–Crippen MR) is 69.7 cm³/mol. The first-order chi connectivity index (χ1) is 9.77. The van der Waals surface area contributed by atoms with E-state index in [1.54, 1.807) is 0 Å². The van der Waals surface area contributed by atoms with Gasteiger partial charge in [0.05, 0.1) is 12.7 Å². The van der Waals surface area contributed by atoms with E-state index in [0.29, 0.717) is 5.56 Å². The number of aromatic nitrogens is 2. The fourth-order valence-corrected chi connectivity index (χ4v) is 2.08. The van der Waals surface area contributed by atoms with Gasteiger partial charge >= 0.3 is 6.18 Å². The van der Waals surface area contributed by atoms with Crippen LogP contribution in [-0.2, 0) is 19.1 Å². The van der Waals surface area contributed by atoms with E-state index in [1.807, 2.05) is 0 Å². The number of alkyl halides is 4. The fourth-order valence-electron chi connectivity index (χ4n) is 1.93. The van der Waals surface area contributed by atoms with Crippen LogP contribution >= 0.6 is 11.6 Å². The molecule has 0 atom stereocenters. The maximum absolute atomic E-state index is 14.2. The molecule has 0 aliphatic carbocycles. The lowest BCUT2D eigenvalue weighted by Crippen LogP contribution is -2.05. The lowest BCUT2D eigenvalue weighted by atomic mass is 10.1. The van der Waals surface area contributed by atoms with Crippen molar-refractivity contribution in [2.45, 2.75) is 12.1 Å². The third-order valence-corrected chi connectivity index (χ3v) is 3.19. The molecule has 21 heavy (non-hydrogen) atoms. The topological polar surface area (TPSA) is 27.1 Å². The molecule has 0 amide bonds. The van der Waals surface area contributed by atoms with Crippen LogP contribution in [-0.4, -0.2) is 16.7 Å². The van der Waals surface area contributed by atoms with E-state index < -0.39 is 17.7 Å². The molecule has 0 N–H and O–H groups in total. The highest BCUT2D eigenvalue weighted by molar-refractivity contribution is 6.17. The Hall–Kier alpha value is -1.76. The minimum Gasteiger partial charge on any atom is -0.496 e. The Morgan fingerprint density at radius 1 is 1.33 bits per heavy atom. The van der Waals surface area contributed by atoms with Crippen molar-refractivity contribution in [3.05, 3.63) is 35.4 Å². The van der Waals surface area contributed by atoms with E-state index in [0.717, 1.165) is 16.8 Å². The molecule has 0 saturated heterocycles. The molecule has 1 heterocycles. The first-order valence-corrected chi connectivity index (χ1v) is 6.34. The summed E-state index contributed by atoms with van der Waals surface area (Å²) < 4.78 is 58.4. The summed E-state index contributed by atoms with van der Waals surface area (Å²) in [6.07, 6.45) is -3.81. The Labute approximate surface area is 123 Å². The number of rotatable bonds is 3. The Balaban J connectivity index is 2.64. The van der Waals surface area contributed by atoms with Crippen LogP contribution < -0.4 is 4.74 Å². The van der Waals surface area contributed by atoms with Gasteiger partial charge in [-0.1, -0.05) is 0 Å². The van der Waals surface area contributed by atoms with Gasteiger partial charge < -0.3 is 9.30 Å². The Morgan fingerprint density at radius 2 is 2.00 bits per heavy atom. The zero-order valence-electron chi connectivity index (χ0n) is 11.1. The summed E-state index contributed by atoms with van der Waals surface area (Å²) in [7, 11) is 2.65. The maximum Gasteiger partial charge on any atom is 0.434 e. The molecule has 0 bridgehead atoms. The van der Waals surface area contributed by atoms with Crippen LogP contribution in [0.4, 0.5) is 17.6 Å². The highest BCUT2D eigenvalue weighted by Crippen LogP contribution is 2.36. The van der Waals surface area contributed by atoms with Gasteiger partial charge in [0.2, 0.25) is 0 Å². The standard InChI is InChI=1S/C13H11ClF4N2O/c1-20-6-10(13(16,17)18)19-12(20)11-8(15)3-7(5-14)4-9(11)21-2/h3-4,6H,5H2,1-2H3. The van der Waals surface area contributed by atoms with Crippen LogP contribution in [0.1, 0.15) is 11.3 Å². The van der Waals surface area contributed by atoms with Crippen molar-refractivity contribution < 1.29 is 22.3 Å². The van der Waals surface area contributed by atoms with E-state index >= 15 is 0 Å². The minimum absolute atomic E-state index is 0.0575. The van der Waals surface area contributed by atoms with Crippen molar-refractivity contribution in [1.82, 2.24) is 9.55 Å². The summed E-state index contributed by atoms with van der Waals surface area (Å²) >= 11 is 5.63. The third-order valence-electron chi connectivity index (χ3n) is 2.88. The molecule has 2 aromatic rings. The van der Waals surface area contributed by atoms with Crippen LogP contribution in [0, 0.1) is 5.82 Å². The monoisotopic (exact) mass is 322 g/mol. The lowest BCUT2D eigenvalue weighted by molar-refractivity contribution is -0.140. The first kappa shape index (κ1) is 15.6. The summed E-state index contributed by atoms with van der Waals surface area (Å²) in [6, 6.07) is 2.61. The molecule has 8 heteroatoms. The highest BCUT2D eigenvalue weighted by atomic mass is 35.5. The van der Waals surface area contributed by atoms with Crippen molar-refractivity contribution in [2.24, 2.45) is 7.05 Å². The number of hydrogen-bond donors (Lipinski definition) is 0. The summed E-state index contributed by atoms with van der Waals surface area (Å²) in [5.41, 5.74) is -0.771. The molecule has 0 saturated carbocycles. The van der Waals surface area contributed by atoms with Crippen molar-refractivity contribution in [1.29, 1.82) is 0 Å². The molecule has 0 unspecified atom stereocenters. The number of halogens is 5. The smallest absolute Gasteiger partial charge is 0.434 e. The Bertz CT molecular complexity index is 667. The van der Waals surface area contributed by atoms with Gasteiger partial charge in [-0.3, -0.25) is 0 Å². The Morgan fingerprint density at radius 3 is 2.48 bits per heavy atom. The van der Waals surface area contributed by atoms with Crippen LogP contribution in [0.15, 0.2) is 18.3 Å². The molecule has 0 aliphatic heterocycles. The fraction of sp³-hybridized carbons (Fsp3) is 0.308. The van der Waals surface area contributed by atoms with E-state index in [-0.39, 0.29) is 23.0 Å². The molecule has 0 aliphatic rings. The number of ether oxygens (including phenoxy) is 1. The number of imidazole rings is 1. The van der Waals surface area contributed by atoms with Gasteiger partial charge in [0.25, 0.3) is 0 Å². The van der Waals surface area contributed by atoms with Crippen molar-refractivity contribution in [3.63, 3.8) is 0 Å². The molecule has 1 aromatic heterocycles. The quantitative estimate of drug-likeness (QED) is 0.631. The SMILES string of the molecule is COc1cc(CCl)cc(F)c1-c1nc(C(F)(F)F)cn1C. The third kappa shape index (κ3) is 2.97. The van der Waals surface area contributed by atoms with Gasteiger partial charge in [0, 0.05) is 19.1 Å².